The van der Waals surface area contributed by atoms with Crippen LogP contribution >= 0.6 is 28.4 Å². The molecule has 1 atom stereocenters. The van der Waals surface area contributed by atoms with Gasteiger partial charge in [-0.05, 0) is 27.0 Å². The lowest BCUT2D eigenvalue weighted by Crippen LogP contribution is -1.02. The van der Waals surface area contributed by atoms with Crippen LogP contribution in [0.4, 0.5) is 0 Å². The minimum Gasteiger partial charge on any atom is -0.146 e. The van der Waals surface area contributed by atoms with E-state index in [-0.39, 0.29) is 6.37 Å². The molecule has 0 spiro atoms. The van der Waals surface area contributed by atoms with Gasteiger partial charge in [-0.15, -0.1) is 4.91 Å². The monoisotopic (exact) mass is 189 g/mol. The molecule has 0 aromatic carbocycles. The predicted molar refractivity (Wildman–Crippen MR) is 28.1 cm³/mol. The number of hydrogen-bond donors (Lipinski definition) is 0. The largest absolute Gasteiger partial charge is 0.146 e. The Balaban J connectivity index is 2.30. The summed E-state index contributed by atoms with van der Waals surface area (Å²) in [6.07, 6.45) is 0.180. The van der Waals surface area contributed by atoms with Crippen molar-refractivity contribution in [3.05, 3.63) is 4.91 Å². The lowest BCUT2D eigenvalue weighted by Gasteiger charge is -1.49. The third kappa shape index (κ3) is 2.76. The van der Waals surface area contributed by atoms with Crippen molar-refractivity contribution in [2.24, 2.45) is 4.95 Å². The zero-order chi connectivity index (χ0) is 3.41. The Morgan fingerprint density at radius 3 is 2.25 bits per heavy atom. The van der Waals surface area contributed by atoms with Gasteiger partial charge in [0.1, 0.15) is 6.37 Å². The van der Waals surface area contributed by atoms with Crippen molar-refractivity contribution in [3.8, 4) is 0 Å². The van der Waals surface area contributed by atoms with Gasteiger partial charge in [0.05, 0.1) is 0 Å². The summed E-state index contributed by atoms with van der Waals surface area (Å²) in [6, 6.07) is 0. The minimum absolute atomic E-state index is 0.180. The maximum Gasteiger partial charge on any atom is 0.115 e. The molecule has 0 saturated carbocycles. The number of nitrogens with zero attached hydrogens (tertiary/aromatic N) is 1. The van der Waals surface area contributed by atoms with Crippen molar-refractivity contribution in [2.75, 3.05) is 0 Å². The number of halogens is 1. The van der Waals surface area contributed by atoms with Crippen LogP contribution in [0.3, 0.4) is 0 Å². The summed E-state index contributed by atoms with van der Waals surface area (Å²) in [6.45, 7) is 0. The van der Waals surface area contributed by atoms with E-state index >= 15 is 0 Å². The van der Waals surface area contributed by atoms with Gasteiger partial charge in [-0.3, -0.25) is 0 Å². The summed E-state index contributed by atoms with van der Waals surface area (Å²) in [7, 11) is 0. The van der Waals surface area contributed by atoms with Crippen LogP contribution in [-0.2, 0) is 0 Å². The minimum atomic E-state index is 0.180. The first-order valence-corrected chi connectivity index (χ1v) is 4.66. The summed E-state index contributed by atoms with van der Waals surface area (Å²) >= 11 is 1.90. The molecular weight excluding hydrogens is 188 g/mol. The zero-order valence-electron chi connectivity index (χ0n) is 1.73. The van der Waals surface area contributed by atoms with Crippen LogP contribution in [0.1, 0.15) is 0 Å². The fourth-order valence-electron chi connectivity index (χ4n) is 0. The summed E-state index contributed by atoms with van der Waals surface area (Å²) in [4.78, 5) is 11.4. The van der Waals surface area contributed by atoms with Gasteiger partial charge in [0.25, 0.3) is 0 Å². The van der Waals surface area contributed by atoms with E-state index < -0.39 is 0 Å². The van der Waals surface area contributed by atoms with Crippen molar-refractivity contribution in [1.29, 1.82) is 0 Å². The van der Waals surface area contributed by atoms with Gasteiger partial charge < -0.3 is 0 Å². The lowest BCUT2D eigenvalue weighted by atomic mass is 13.7. The fourth-order valence-corrected chi connectivity index (χ4v) is 0. The van der Waals surface area contributed by atoms with Crippen molar-refractivity contribution < 1.29 is 0 Å². The second-order valence-electron chi connectivity index (χ2n) is 0.176. The topological polar surface area (TPSA) is 29.4 Å². The van der Waals surface area contributed by atoms with Crippen molar-refractivity contribution in [2.45, 2.75) is 0 Å². The summed E-state index contributed by atoms with van der Waals surface area (Å²) in [5.41, 5.74) is 0. The summed E-state index contributed by atoms with van der Waals surface area (Å²) < 4.78 is 0. The Labute approximate surface area is 38.6 Å². The molecule has 4 heteroatoms. The molecule has 0 aromatic rings. The molecule has 0 aromatic heterocycles. The van der Waals surface area contributed by atoms with E-state index in [0.29, 0.717) is 0 Å². The molecule has 0 N–H and O–H groups in total. The van der Waals surface area contributed by atoms with Gasteiger partial charge >= 0.3 is 0 Å². The van der Waals surface area contributed by atoms with E-state index in [1.54, 1.807) is 0 Å². The number of nitroso groups, excluding NO2 is 1. The van der Waals surface area contributed by atoms with Crippen molar-refractivity contribution >= 4 is 28.4 Å². The summed E-state index contributed by atoms with van der Waals surface area (Å²) in [5.74, 6) is 0. The second kappa shape index (κ2) is 3.76. The molecule has 0 bridgehead atoms. The standard InChI is InChI=1S/HINOP/c1-4-2-3/h4H. The molecule has 0 aliphatic carbocycles. The second-order valence-corrected chi connectivity index (χ2v) is 1.97. The lowest BCUT2D eigenvalue weighted by molar-refractivity contribution is 1.89. The highest BCUT2D eigenvalue weighted by atomic mass is 127. The predicted octanol–water partition coefficient (Wildman–Crippen LogP) is 1.70. The van der Waals surface area contributed by atoms with Gasteiger partial charge in [0.15, 0.2) is 0 Å². The Morgan fingerprint density at radius 1 is 2.00 bits per heavy atom. The number of hydrogen-bond acceptors (Lipinski definition) is 2. The smallest absolute Gasteiger partial charge is 0.115 e. The molecule has 4 heavy (non-hydrogen) atoms. The Morgan fingerprint density at radius 2 is 2.25 bits per heavy atom. The molecule has 0 radical (unpaired) electrons. The van der Waals surface area contributed by atoms with Gasteiger partial charge in [0.2, 0.25) is 0 Å². The molecule has 0 aliphatic heterocycles. The molecule has 0 aliphatic rings. The van der Waals surface area contributed by atoms with E-state index in [2.05, 4.69) is 4.95 Å². The molecule has 0 heterocycles. The third-order valence-electron chi connectivity index (χ3n) is 0.0345. The maximum atomic E-state index is 8.93. The molecular formula is HINOP. The maximum absolute atomic E-state index is 8.93. The van der Waals surface area contributed by atoms with Crippen LogP contribution in [0, 0.1) is 4.91 Å². The average Bonchev–Trinajstić information content (AvgIpc) is 1.37. The highest BCUT2D eigenvalue weighted by molar-refractivity contribution is 14.2. The fraction of sp³-hybridized carbons (Fsp3) is 0. The van der Waals surface area contributed by atoms with E-state index in [1.807, 2.05) is 22.0 Å². The Bertz CT molecular complexity index is 22.0. The Hall–Kier alpha value is 0.760. The van der Waals surface area contributed by atoms with Gasteiger partial charge in [0, 0.05) is 0 Å². The van der Waals surface area contributed by atoms with Crippen LogP contribution < -0.4 is 0 Å². The van der Waals surface area contributed by atoms with Gasteiger partial charge in [-0.25, -0.2) is 0 Å². The van der Waals surface area contributed by atoms with Crippen LogP contribution in [0.25, 0.3) is 0 Å². The molecule has 2 nitrogen and oxygen atoms in total. The highest BCUT2D eigenvalue weighted by Crippen LogP contribution is 2.19. The van der Waals surface area contributed by atoms with E-state index in [4.69, 9.17) is 4.91 Å². The molecule has 0 fully saturated rings. The van der Waals surface area contributed by atoms with Crippen LogP contribution in [-0.4, -0.2) is 0 Å². The first-order valence-electron chi connectivity index (χ1n) is 0.595. The molecule has 0 rings (SSSR count). The molecule has 0 amide bonds. The Kier molecular flexibility index (Phi) is 4.47. The first kappa shape index (κ1) is 4.76. The van der Waals surface area contributed by atoms with Crippen LogP contribution in [0.15, 0.2) is 4.95 Å². The number of rotatable bonds is 1. The summed E-state index contributed by atoms with van der Waals surface area (Å²) in [5, 5.41) is 0. The van der Waals surface area contributed by atoms with Crippen LogP contribution in [0.2, 0.25) is 0 Å². The van der Waals surface area contributed by atoms with Crippen molar-refractivity contribution in [1.82, 2.24) is 0 Å². The van der Waals surface area contributed by atoms with E-state index in [0.717, 1.165) is 0 Å². The quantitative estimate of drug-likeness (QED) is 0.350. The van der Waals surface area contributed by atoms with Gasteiger partial charge in [-0.2, -0.15) is 0 Å². The van der Waals surface area contributed by atoms with E-state index in [9.17, 15) is 0 Å². The molecule has 24 valence electrons. The van der Waals surface area contributed by atoms with Gasteiger partial charge in [-0.1, -0.05) is 0 Å². The zero-order valence-corrected chi connectivity index (χ0v) is 4.89. The average molecular weight is 189 g/mol. The third-order valence-corrected chi connectivity index (χ3v) is 0.694. The molecule has 1 unspecified atom stereocenters. The normalized spacial score (nSPS) is 9.25. The SMILES string of the molecule is O=NPI. The van der Waals surface area contributed by atoms with Crippen LogP contribution in [0.5, 0.6) is 0 Å². The molecule has 0 saturated heterocycles. The first-order chi connectivity index (χ1) is 1.91. The highest BCUT2D eigenvalue weighted by Gasteiger charge is 1.54. The van der Waals surface area contributed by atoms with E-state index in [1.165, 1.54) is 0 Å². The van der Waals surface area contributed by atoms with Crippen molar-refractivity contribution in [3.63, 3.8) is 0 Å².